The number of amides is 1. The van der Waals surface area contributed by atoms with Gasteiger partial charge in [0, 0.05) is 25.7 Å². The molecule has 124 valence electrons. The number of carbonyl (C=O) groups excluding carboxylic acids is 1. The predicted molar refractivity (Wildman–Crippen MR) is 93.0 cm³/mol. The number of hydrogen-bond acceptors (Lipinski definition) is 3. The van der Waals surface area contributed by atoms with Gasteiger partial charge < -0.3 is 5.32 Å². The topological polar surface area (TPSA) is 66.5 Å². The van der Waals surface area contributed by atoms with Gasteiger partial charge in [0.05, 0.1) is 5.75 Å². The second kappa shape index (κ2) is 7.57. The number of sulfonamides is 1. The lowest BCUT2D eigenvalue weighted by Gasteiger charge is -2.15. The van der Waals surface area contributed by atoms with Gasteiger partial charge in [-0.05, 0) is 36.2 Å². The Bertz CT molecular complexity index is 787. The van der Waals surface area contributed by atoms with E-state index in [0.717, 1.165) is 10.8 Å². The van der Waals surface area contributed by atoms with E-state index in [-0.39, 0.29) is 11.7 Å². The van der Waals surface area contributed by atoms with Gasteiger partial charge in [-0.1, -0.05) is 30.3 Å². The standard InChI is InChI=1S/C17H22N2O3S/c1-3-23(21,22)19(2)12-6-11-18-17(20)16-10-9-14-7-4-5-8-15(14)13-16/h4-5,7-10,13H,3,6,11-12H2,1-2H3,(H,18,20). The van der Waals surface area contributed by atoms with E-state index >= 15 is 0 Å². The van der Waals surface area contributed by atoms with E-state index in [4.69, 9.17) is 0 Å². The zero-order chi connectivity index (χ0) is 16.9. The summed E-state index contributed by atoms with van der Waals surface area (Å²) in [4.78, 5) is 12.1. The van der Waals surface area contributed by atoms with Crippen molar-refractivity contribution in [3.05, 3.63) is 48.0 Å². The molecule has 1 N–H and O–H groups in total. The minimum atomic E-state index is -3.15. The highest BCUT2D eigenvalue weighted by molar-refractivity contribution is 7.89. The van der Waals surface area contributed by atoms with E-state index in [9.17, 15) is 13.2 Å². The number of fused-ring (bicyclic) bond motifs is 1. The predicted octanol–water partition coefficient (Wildman–Crippen LogP) is 2.24. The Hall–Kier alpha value is -1.92. The summed E-state index contributed by atoms with van der Waals surface area (Å²) in [6, 6.07) is 13.4. The van der Waals surface area contributed by atoms with E-state index in [2.05, 4.69) is 5.32 Å². The maximum Gasteiger partial charge on any atom is 0.251 e. The fraction of sp³-hybridized carbons (Fsp3) is 0.353. The molecule has 0 bridgehead atoms. The monoisotopic (exact) mass is 334 g/mol. The number of rotatable bonds is 7. The third-order valence-electron chi connectivity index (χ3n) is 3.79. The van der Waals surface area contributed by atoms with Crippen LogP contribution in [0.25, 0.3) is 10.8 Å². The first kappa shape index (κ1) is 17.4. The molecule has 0 saturated heterocycles. The first-order valence-corrected chi connectivity index (χ1v) is 9.26. The van der Waals surface area contributed by atoms with Gasteiger partial charge in [-0.15, -0.1) is 0 Å². The largest absolute Gasteiger partial charge is 0.352 e. The van der Waals surface area contributed by atoms with Gasteiger partial charge in [0.15, 0.2) is 0 Å². The van der Waals surface area contributed by atoms with Crippen molar-refractivity contribution < 1.29 is 13.2 Å². The number of benzene rings is 2. The summed E-state index contributed by atoms with van der Waals surface area (Å²) in [6.07, 6.45) is 0.578. The molecule has 5 nitrogen and oxygen atoms in total. The van der Waals surface area contributed by atoms with Crippen molar-refractivity contribution in [1.82, 2.24) is 9.62 Å². The molecule has 2 rings (SSSR count). The summed E-state index contributed by atoms with van der Waals surface area (Å²) >= 11 is 0. The first-order valence-electron chi connectivity index (χ1n) is 7.65. The molecule has 2 aromatic carbocycles. The van der Waals surface area contributed by atoms with Gasteiger partial charge in [-0.25, -0.2) is 12.7 Å². The zero-order valence-corrected chi connectivity index (χ0v) is 14.3. The van der Waals surface area contributed by atoms with Crippen LogP contribution in [-0.4, -0.2) is 44.5 Å². The number of nitrogens with one attached hydrogen (secondary N) is 1. The molecule has 6 heteroatoms. The summed E-state index contributed by atoms with van der Waals surface area (Å²) < 4.78 is 24.6. The van der Waals surface area contributed by atoms with E-state index in [0.29, 0.717) is 25.1 Å². The van der Waals surface area contributed by atoms with Crippen LogP contribution < -0.4 is 5.32 Å². The number of carbonyl (C=O) groups is 1. The van der Waals surface area contributed by atoms with Crippen LogP contribution in [0.2, 0.25) is 0 Å². The second-order valence-corrected chi connectivity index (χ2v) is 7.76. The van der Waals surface area contributed by atoms with Crippen LogP contribution in [0.3, 0.4) is 0 Å². The molecule has 0 aliphatic heterocycles. The quantitative estimate of drug-likeness (QED) is 0.790. The second-order valence-electron chi connectivity index (χ2n) is 5.39. The average molecular weight is 334 g/mol. The normalized spacial score (nSPS) is 11.8. The van der Waals surface area contributed by atoms with Crippen molar-refractivity contribution in [3.8, 4) is 0 Å². The van der Waals surface area contributed by atoms with Gasteiger partial charge in [0.1, 0.15) is 0 Å². The Morgan fingerprint density at radius 2 is 1.83 bits per heavy atom. The summed E-state index contributed by atoms with van der Waals surface area (Å²) in [5.74, 6) is -0.0517. The maximum absolute atomic E-state index is 12.1. The van der Waals surface area contributed by atoms with Crippen LogP contribution in [0, 0.1) is 0 Å². The fourth-order valence-electron chi connectivity index (χ4n) is 2.30. The first-order chi connectivity index (χ1) is 10.9. The Morgan fingerprint density at radius 1 is 1.13 bits per heavy atom. The van der Waals surface area contributed by atoms with E-state index < -0.39 is 10.0 Å². The lowest BCUT2D eigenvalue weighted by Crippen LogP contribution is -2.32. The van der Waals surface area contributed by atoms with E-state index in [1.165, 1.54) is 4.31 Å². The van der Waals surface area contributed by atoms with Crippen molar-refractivity contribution in [2.75, 3.05) is 25.9 Å². The highest BCUT2D eigenvalue weighted by Gasteiger charge is 2.14. The molecule has 0 aliphatic rings. The van der Waals surface area contributed by atoms with Crippen molar-refractivity contribution in [2.45, 2.75) is 13.3 Å². The third kappa shape index (κ3) is 4.53. The maximum atomic E-state index is 12.1. The Morgan fingerprint density at radius 3 is 2.52 bits per heavy atom. The molecule has 0 aliphatic carbocycles. The van der Waals surface area contributed by atoms with Crippen LogP contribution in [-0.2, 0) is 10.0 Å². The molecule has 0 spiro atoms. The summed E-state index contributed by atoms with van der Waals surface area (Å²) in [5, 5.41) is 4.94. The molecule has 0 radical (unpaired) electrons. The molecule has 0 aromatic heterocycles. The van der Waals surface area contributed by atoms with Gasteiger partial charge in [-0.3, -0.25) is 4.79 Å². The average Bonchev–Trinajstić information content (AvgIpc) is 2.57. The molecule has 0 atom stereocenters. The van der Waals surface area contributed by atoms with Crippen molar-refractivity contribution in [1.29, 1.82) is 0 Å². The van der Waals surface area contributed by atoms with Gasteiger partial charge >= 0.3 is 0 Å². The summed E-state index contributed by atoms with van der Waals surface area (Å²) in [7, 11) is -1.60. The van der Waals surface area contributed by atoms with Crippen molar-refractivity contribution in [2.24, 2.45) is 0 Å². The van der Waals surface area contributed by atoms with E-state index in [1.54, 1.807) is 20.0 Å². The summed E-state index contributed by atoms with van der Waals surface area (Å²) in [5.41, 5.74) is 0.609. The molecule has 2 aromatic rings. The Labute approximate surface area is 137 Å². The Kier molecular flexibility index (Phi) is 5.74. The van der Waals surface area contributed by atoms with Gasteiger partial charge in [0.2, 0.25) is 10.0 Å². The van der Waals surface area contributed by atoms with Crippen LogP contribution in [0.1, 0.15) is 23.7 Å². The molecular formula is C17H22N2O3S. The van der Waals surface area contributed by atoms with Crippen LogP contribution in [0.15, 0.2) is 42.5 Å². The minimum Gasteiger partial charge on any atom is -0.352 e. The third-order valence-corrected chi connectivity index (χ3v) is 5.65. The van der Waals surface area contributed by atoms with E-state index in [1.807, 2.05) is 36.4 Å². The van der Waals surface area contributed by atoms with Crippen LogP contribution >= 0.6 is 0 Å². The highest BCUT2D eigenvalue weighted by atomic mass is 32.2. The van der Waals surface area contributed by atoms with Crippen molar-refractivity contribution in [3.63, 3.8) is 0 Å². The summed E-state index contributed by atoms with van der Waals surface area (Å²) in [6.45, 7) is 2.46. The van der Waals surface area contributed by atoms with Crippen LogP contribution in [0.4, 0.5) is 0 Å². The minimum absolute atomic E-state index is 0.0902. The van der Waals surface area contributed by atoms with Gasteiger partial charge in [-0.2, -0.15) is 0 Å². The highest BCUT2D eigenvalue weighted by Crippen LogP contribution is 2.15. The zero-order valence-electron chi connectivity index (χ0n) is 13.5. The van der Waals surface area contributed by atoms with Gasteiger partial charge in [0.25, 0.3) is 5.91 Å². The molecule has 23 heavy (non-hydrogen) atoms. The lowest BCUT2D eigenvalue weighted by atomic mass is 10.1. The lowest BCUT2D eigenvalue weighted by molar-refractivity contribution is 0.0953. The molecule has 0 fully saturated rings. The number of hydrogen-bond donors (Lipinski definition) is 1. The van der Waals surface area contributed by atoms with Crippen LogP contribution in [0.5, 0.6) is 0 Å². The SMILES string of the molecule is CCS(=O)(=O)N(C)CCCNC(=O)c1ccc2ccccc2c1. The number of nitrogens with zero attached hydrogens (tertiary/aromatic N) is 1. The fourth-order valence-corrected chi connectivity index (χ4v) is 3.14. The molecule has 0 saturated carbocycles. The molecule has 0 heterocycles. The molecular weight excluding hydrogens is 312 g/mol. The smallest absolute Gasteiger partial charge is 0.251 e. The molecule has 0 unspecified atom stereocenters. The Balaban J connectivity index is 1.87. The molecule has 1 amide bonds. The van der Waals surface area contributed by atoms with Crippen molar-refractivity contribution >= 4 is 26.7 Å².